The maximum Gasteiger partial charge on any atom is 0.262 e. The molecule has 0 spiro atoms. The summed E-state index contributed by atoms with van der Waals surface area (Å²) in [4.78, 5) is -0.146. The predicted molar refractivity (Wildman–Crippen MR) is 135 cm³/mol. The van der Waals surface area contributed by atoms with Gasteiger partial charge in [-0.25, -0.2) is 12.8 Å². The highest BCUT2D eigenvalue weighted by Crippen LogP contribution is 2.39. The van der Waals surface area contributed by atoms with Crippen LogP contribution in [0.4, 0.5) is 10.1 Å². The molecule has 0 radical (unpaired) electrons. The van der Waals surface area contributed by atoms with Gasteiger partial charge in [0.05, 0.1) is 49.1 Å². The Morgan fingerprint density at radius 3 is 1.86 bits per heavy atom. The number of nitrogens with one attached hydrogen (secondary N) is 1. The zero-order valence-electron chi connectivity index (χ0n) is 19.2. The molecule has 3 aromatic rings. The summed E-state index contributed by atoms with van der Waals surface area (Å²) in [6.07, 6.45) is 3.28. The molecule has 0 fully saturated rings. The first kappa shape index (κ1) is 26.5. The van der Waals surface area contributed by atoms with E-state index >= 15 is 0 Å². The first-order valence-electron chi connectivity index (χ1n) is 9.97. The molecule has 7 nitrogen and oxygen atoms in total. The number of methoxy groups -OCH3 is 4. The molecule has 3 aromatic carbocycles. The monoisotopic (exact) mass is 541 g/mol. The minimum absolute atomic E-state index is 0.0646. The molecule has 0 amide bonds. The van der Waals surface area contributed by atoms with E-state index in [-0.39, 0.29) is 26.4 Å². The van der Waals surface area contributed by atoms with E-state index in [2.05, 4.69) is 4.72 Å². The standard InChI is InChI=1S/C24H22Cl2FNO6S/c1-31-21-11-15(12-22(32-2)24(21)34-4)6-5-14-9-19(27)23(33-3)20(10-14)28-35(29,30)16-7-8-17(25)18(26)13-16/h5-13,28H,1-4H3/b6-5-. The number of hydrogen-bond donors (Lipinski definition) is 1. The van der Waals surface area contributed by atoms with E-state index in [1.807, 2.05) is 0 Å². The van der Waals surface area contributed by atoms with E-state index in [4.69, 9.17) is 42.1 Å². The molecule has 0 aliphatic rings. The van der Waals surface area contributed by atoms with Crippen LogP contribution in [0.15, 0.2) is 47.4 Å². The lowest BCUT2D eigenvalue weighted by molar-refractivity contribution is 0.324. The van der Waals surface area contributed by atoms with Gasteiger partial charge in [-0.1, -0.05) is 35.4 Å². The molecule has 0 aliphatic heterocycles. The molecular weight excluding hydrogens is 520 g/mol. The van der Waals surface area contributed by atoms with E-state index in [9.17, 15) is 12.8 Å². The third-order valence-electron chi connectivity index (χ3n) is 4.87. The van der Waals surface area contributed by atoms with E-state index in [1.54, 1.807) is 24.3 Å². The van der Waals surface area contributed by atoms with Crippen LogP contribution in [-0.4, -0.2) is 36.9 Å². The third kappa shape index (κ3) is 5.93. The van der Waals surface area contributed by atoms with Crippen LogP contribution in [0, 0.1) is 5.82 Å². The molecule has 186 valence electrons. The molecule has 0 aliphatic carbocycles. The SMILES string of the molecule is COc1cc(/C=C\c2cc(F)c(OC)c(NS(=O)(=O)c3ccc(Cl)c(Cl)c3)c2)cc(OC)c1OC. The summed E-state index contributed by atoms with van der Waals surface area (Å²) < 4.78 is 64.0. The number of hydrogen-bond acceptors (Lipinski definition) is 6. The molecule has 0 atom stereocenters. The smallest absolute Gasteiger partial charge is 0.262 e. The quantitative estimate of drug-likeness (QED) is 0.327. The molecule has 1 N–H and O–H groups in total. The molecule has 0 saturated heterocycles. The van der Waals surface area contributed by atoms with Gasteiger partial charge in [-0.05, 0) is 53.6 Å². The molecule has 0 heterocycles. The lowest BCUT2D eigenvalue weighted by Crippen LogP contribution is -2.14. The number of benzene rings is 3. The zero-order valence-corrected chi connectivity index (χ0v) is 21.5. The zero-order chi connectivity index (χ0) is 25.8. The van der Waals surface area contributed by atoms with Crippen LogP contribution in [0.5, 0.6) is 23.0 Å². The molecular formula is C24H22Cl2FNO6S. The van der Waals surface area contributed by atoms with Gasteiger partial charge >= 0.3 is 0 Å². The second kappa shape index (κ2) is 11.1. The fourth-order valence-electron chi connectivity index (χ4n) is 3.23. The van der Waals surface area contributed by atoms with Crippen LogP contribution >= 0.6 is 23.2 Å². The van der Waals surface area contributed by atoms with Crippen molar-refractivity contribution in [2.75, 3.05) is 33.2 Å². The van der Waals surface area contributed by atoms with E-state index < -0.39 is 15.8 Å². The summed E-state index contributed by atoms with van der Waals surface area (Å²) in [6, 6.07) is 9.91. The Kier molecular flexibility index (Phi) is 8.37. The van der Waals surface area contributed by atoms with Gasteiger partial charge in [0.15, 0.2) is 23.1 Å². The Balaban J connectivity index is 2.00. The van der Waals surface area contributed by atoms with Crippen molar-refractivity contribution >= 4 is 51.1 Å². The van der Waals surface area contributed by atoms with Crippen LogP contribution in [-0.2, 0) is 10.0 Å². The Morgan fingerprint density at radius 2 is 1.34 bits per heavy atom. The molecule has 0 unspecified atom stereocenters. The molecule has 0 bridgehead atoms. The minimum Gasteiger partial charge on any atom is -0.493 e. The first-order chi connectivity index (χ1) is 16.6. The number of sulfonamides is 1. The molecule has 0 saturated carbocycles. The maximum atomic E-state index is 14.8. The second-order valence-electron chi connectivity index (χ2n) is 7.06. The van der Waals surface area contributed by atoms with Crippen LogP contribution in [0.2, 0.25) is 10.0 Å². The van der Waals surface area contributed by atoms with Crippen molar-refractivity contribution in [1.29, 1.82) is 0 Å². The van der Waals surface area contributed by atoms with Gasteiger partial charge < -0.3 is 18.9 Å². The predicted octanol–water partition coefficient (Wildman–Crippen LogP) is 6.14. The minimum atomic E-state index is -4.12. The van der Waals surface area contributed by atoms with Crippen molar-refractivity contribution in [3.8, 4) is 23.0 Å². The Hall–Kier alpha value is -3.14. The second-order valence-corrected chi connectivity index (χ2v) is 9.55. The third-order valence-corrected chi connectivity index (χ3v) is 6.97. The summed E-state index contributed by atoms with van der Waals surface area (Å²) in [5.41, 5.74) is 0.945. The van der Waals surface area contributed by atoms with Gasteiger partial charge in [-0.2, -0.15) is 0 Å². The van der Waals surface area contributed by atoms with E-state index in [0.29, 0.717) is 28.4 Å². The summed E-state index contributed by atoms with van der Waals surface area (Å²) in [5, 5.41) is 0.267. The van der Waals surface area contributed by atoms with Crippen LogP contribution in [0.25, 0.3) is 12.2 Å². The summed E-state index contributed by atoms with van der Waals surface area (Å²) >= 11 is 11.8. The highest BCUT2D eigenvalue weighted by atomic mass is 35.5. The fraction of sp³-hybridized carbons (Fsp3) is 0.167. The van der Waals surface area contributed by atoms with Gasteiger partial charge in [-0.15, -0.1) is 0 Å². The Morgan fingerprint density at radius 1 is 0.771 bits per heavy atom. The first-order valence-corrected chi connectivity index (χ1v) is 12.2. The summed E-state index contributed by atoms with van der Waals surface area (Å²) in [6.45, 7) is 0. The molecule has 3 rings (SSSR count). The van der Waals surface area contributed by atoms with E-state index in [1.165, 1.54) is 58.8 Å². The van der Waals surface area contributed by atoms with E-state index in [0.717, 1.165) is 0 Å². The topological polar surface area (TPSA) is 83.1 Å². The fourth-order valence-corrected chi connectivity index (χ4v) is 4.67. The lowest BCUT2D eigenvalue weighted by Gasteiger charge is -2.14. The van der Waals surface area contributed by atoms with Crippen molar-refractivity contribution in [2.45, 2.75) is 4.90 Å². The van der Waals surface area contributed by atoms with Crippen molar-refractivity contribution in [2.24, 2.45) is 0 Å². The van der Waals surface area contributed by atoms with Crippen LogP contribution in [0.3, 0.4) is 0 Å². The van der Waals surface area contributed by atoms with Gasteiger partial charge in [-0.3, -0.25) is 4.72 Å². The van der Waals surface area contributed by atoms with Gasteiger partial charge in [0.25, 0.3) is 10.0 Å². The highest BCUT2D eigenvalue weighted by Gasteiger charge is 2.20. The molecule has 0 aromatic heterocycles. The summed E-state index contributed by atoms with van der Waals surface area (Å²) in [7, 11) is 1.60. The Bertz CT molecular complexity index is 1350. The number of ether oxygens (including phenoxy) is 4. The van der Waals surface area contributed by atoms with Crippen LogP contribution < -0.4 is 23.7 Å². The average molecular weight is 542 g/mol. The lowest BCUT2D eigenvalue weighted by atomic mass is 10.1. The number of anilines is 1. The number of rotatable bonds is 9. The van der Waals surface area contributed by atoms with Gasteiger partial charge in [0.2, 0.25) is 5.75 Å². The van der Waals surface area contributed by atoms with Crippen LogP contribution in [0.1, 0.15) is 11.1 Å². The van der Waals surface area contributed by atoms with Crippen molar-refractivity contribution in [3.05, 3.63) is 69.5 Å². The number of halogens is 3. The van der Waals surface area contributed by atoms with Crippen molar-refractivity contribution in [1.82, 2.24) is 0 Å². The maximum absolute atomic E-state index is 14.8. The van der Waals surface area contributed by atoms with Crippen molar-refractivity contribution in [3.63, 3.8) is 0 Å². The largest absolute Gasteiger partial charge is 0.493 e. The highest BCUT2D eigenvalue weighted by molar-refractivity contribution is 7.92. The molecule has 11 heteroatoms. The average Bonchev–Trinajstić information content (AvgIpc) is 2.83. The van der Waals surface area contributed by atoms with Crippen molar-refractivity contribution < 1.29 is 31.8 Å². The molecule has 35 heavy (non-hydrogen) atoms. The normalized spacial score (nSPS) is 11.4. The summed E-state index contributed by atoms with van der Waals surface area (Å²) in [5.74, 6) is 0.302. The Labute approximate surface area is 213 Å². The van der Waals surface area contributed by atoms with Gasteiger partial charge in [0.1, 0.15) is 0 Å². The van der Waals surface area contributed by atoms with Gasteiger partial charge in [0, 0.05) is 0 Å².